The zero-order valence-corrected chi connectivity index (χ0v) is 45.1. The number of nitrogens with one attached hydrogen (secondary N) is 1. The summed E-state index contributed by atoms with van der Waals surface area (Å²) in [5.41, 5.74) is 0. The Labute approximate surface area is 418 Å². The number of carbonyl (C=O) groups excluding carboxylic acids is 2. The molecule has 6 nitrogen and oxygen atoms in total. The Morgan fingerprint density at radius 1 is 0.403 bits per heavy atom. The van der Waals surface area contributed by atoms with Crippen molar-refractivity contribution in [3.05, 3.63) is 24.3 Å². The zero-order valence-electron chi connectivity index (χ0n) is 45.1. The largest absolute Gasteiger partial charge is 0.466 e. The minimum absolute atomic E-state index is 0.0161. The van der Waals surface area contributed by atoms with Crippen LogP contribution in [0.1, 0.15) is 328 Å². The number of allylic oxidation sites excluding steroid dienone is 3. The summed E-state index contributed by atoms with van der Waals surface area (Å²) in [5, 5.41) is 23.0. The molecule has 0 radical (unpaired) electrons. The molecule has 0 aromatic carbocycles. The van der Waals surface area contributed by atoms with E-state index in [4.69, 9.17) is 4.74 Å². The van der Waals surface area contributed by atoms with E-state index in [1.54, 1.807) is 6.08 Å². The fourth-order valence-electron chi connectivity index (χ4n) is 9.34. The number of esters is 1. The molecule has 2 unspecified atom stereocenters. The van der Waals surface area contributed by atoms with Gasteiger partial charge in [-0.3, -0.25) is 9.59 Å². The predicted molar refractivity (Wildman–Crippen MR) is 292 cm³/mol. The van der Waals surface area contributed by atoms with Crippen LogP contribution >= 0.6 is 0 Å². The third-order valence-electron chi connectivity index (χ3n) is 14.0. The van der Waals surface area contributed by atoms with Gasteiger partial charge in [-0.25, -0.2) is 0 Å². The maximum absolute atomic E-state index is 12.4. The average Bonchev–Trinajstić information content (AvgIpc) is 3.33. The SMILES string of the molecule is CCCCCCCCCC/C=C/C(O)C(CO)NC(=O)CCCCCCCCCCCCCC/C=C\CCCCCCCCCCCCCCOC(=O)CCCCCCCCCCCCCC. The van der Waals surface area contributed by atoms with Gasteiger partial charge in [0.1, 0.15) is 0 Å². The molecule has 0 spiro atoms. The third kappa shape index (κ3) is 53.5. The summed E-state index contributed by atoms with van der Waals surface area (Å²) in [6, 6.07) is -0.625. The molecule has 2 atom stereocenters. The number of unbranched alkanes of at least 4 members (excludes halogenated alkanes) is 43. The second kappa shape index (κ2) is 56.9. The van der Waals surface area contributed by atoms with Gasteiger partial charge in [0.25, 0.3) is 0 Å². The van der Waals surface area contributed by atoms with Crippen LogP contribution in [0.3, 0.4) is 0 Å². The van der Waals surface area contributed by atoms with Crippen LogP contribution in [0.15, 0.2) is 24.3 Å². The normalized spacial score (nSPS) is 12.7. The number of rotatable bonds is 56. The summed E-state index contributed by atoms with van der Waals surface area (Å²) < 4.78 is 5.47. The van der Waals surface area contributed by atoms with Crippen molar-refractivity contribution < 1.29 is 24.5 Å². The molecule has 0 rings (SSSR count). The molecule has 0 aliphatic heterocycles. The van der Waals surface area contributed by atoms with Crippen molar-refractivity contribution in [1.29, 1.82) is 0 Å². The van der Waals surface area contributed by atoms with Crippen LogP contribution in [0.25, 0.3) is 0 Å². The molecule has 0 aromatic rings. The number of aliphatic hydroxyl groups is 2. The van der Waals surface area contributed by atoms with Crippen molar-refractivity contribution in [1.82, 2.24) is 5.32 Å². The molecule has 0 aliphatic carbocycles. The van der Waals surface area contributed by atoms with Gasteiger partial charge in [0.05, 0.1) is 25.4 Å². The van der Waals surface area contributed by atoms with Crippen molar-refractivity contribution in [2.75, 3.05) is 13.2 Å². The summed E-state index contributed by atoms with van der Waals surface area (Å²) in [4.78, 5) is 24.4. The lowest BCUT2D eigenvalue weighted by molar-refractivity contribution is -0.143. The molecule has 0 heterocycles. The van der Waals surface area contributed by atoms with Crippen LogP contribution in [0.5, 0.6) is 0 Å². The standard InChI is InChI=1S/C61H117NO5/c1-3-5-7-9-11-13-15-35-39-43-47-51-55-61(66)67-56-52-48-44-40-36-33-31-29-27-25-23-21-19-17-16-18-20-22-24-26-28-30-32-34-38-42-46-50-54-60(65)62-58(57-63)59(64)53-49-45-41-37-14-12-10-8-6-4-2/h16-17,49,53,58-59,63-64H,3-15,18-48,50-52,54-57H2,1-2H3,(H,62,65)/b17-16-,53-49+. The third-order valence-corrected chi connectivity index (χ3v) is 14.0. The van der Waals surface area contributed by atoms with Gasteiger partial charge in [-0.05, 0) is 57.8 Å². The van der Waals surface area contributed by atoms with E-state index in [9.17, 15) is 19.8 Å². The molecule has 67 heavy (non-hydrogen) atoms. The Kier molecular flexibility index (Phi) is 55.5. The number of aliphatic hydroxyl groups excluding tert-OH is 2. The highest BCUT2D eigenvalue weighted by molar-refractivity contribution is 5.76. The summed E-state index contributed by atoms with van der Waals surface area (Å²) >= 11 is 0. The first-order valence-corrected chi connectivity index (χ1v) is 30.1. The zero-order chi connectivity index (χ0) is 48.6. The minimum Gasteiger partial charge on any atom is -0.466 e. The van der Waals surface area contributed by atoms with Crippen molar-refractivity contribution in [3.63, 3.8) is 0 Å². The van der Waals surface area contributed by atoms with Crippen LogP contribution in [0.2, 0.25) is 0 Å². The van der Waals surface area contributed by atoms with Crippen LogP contribution in [0.4, 0.5) is 0 Å². The van der Waals surface area contributed by atoms with Gasteiger partial charge < -0.3 is 20.3 Å². The number of ether oxygens (including phenoxy) is 1. The lowest BCUT2D eigenvalue weighted by Gasteiger charge is -2.20. The van der Waals surface area contributed by atoms with Gasteiger partial charge in [0.2, 0.25) is 5.91 Å². The molecule has 0 aromatic heterocycles. The molecule has 0 saturated heterocycles. The Hall–Kier alpha value is -1.66. The van der Waals surface area contributed by atoms with Gasteiger partial charge in [-0.2, -0.15) is 0 Å². The Bertz CT molecular complexity index is 1040. The molecule has 396 valence electrons. The lowest BCUT2D eigenvalue weighted by Crippen LogP contribution is -2.45. The molecule has 1 amide bonds. The van der Waals surface area contributed by atoms with Crippen molar-refractivity contribution >= 4 is 11.9 Å². The highest BCUT2D eigenvalue weighted by Gasteiger charge is 2.18. The first kappa shape index (κ1) is 65.3. The summed E-state index contributed by atoms with van der Waals surface area (Å²) in [7, 11) is 0. The van der Waals surface area contributed by atoms with Crippen LogP contribution in [-0.4, -0.2) is 47.4 Å². The molecular formula is C61H117NO5. The number of hydrogen-bond donors (Lipinski definition) is 3. The average molecular weight is 945 g/mol. The van der Waals surface area contributed by atoms with Crippen molar-refractivity contribution in [2.45, 2.75) is 341 Å². The second-order valence-corrected chi connectivity index (χ2v) is 20.7. The highest BCUT2D eigenvalue weighted by atomic mass is 16.5. The van der Waals surface area contributed by atoms with Crippen LogP contribution in [-0.2, 0) is 14.3 Å². The van der Waals surface area contributed by atoms with E-state index >= 15 is 0 Å². The predicted octanol–water partition coefficient (Wildman–Crippen LogP) is 18.6. The number of hydrogen-bond acceptors (Lipinski definition) is 5. The first-order chi connectivity index (χ1) is 33.0. The smallest absolute Gasteiger partial charge is 0.305 e. The van der Waals surface area contributed by atoms with E-state index in [1.165, 1.54) is 263 Å². The summed E-state index contributed by atoms with van der Waals surface area (Å²) in [5.74, 6) is -0.0529. The Morgan fingerprint density at radius 3 is 1.06 bits per heavy atom. The highest BCUT2D eigenvalue weighted by Crippen LogP contribution is 2.17. The molecule has 0 aliphatic rings. The summed E-state index contributed by atoms with van der Waals surface area (Å²) in [6.07, 6.45) is 69.4. The number of amides is 1. The van der Waals surface area contributed by atoms with Gasteiger partial charge in [-0.15, -0.1) is 0 Å². The molecular weight excluding hydrogens is 827 g/mol. The quantitative estimate of drug-likeness (QED) is 0.0321. The van der Waals surface area contributed by atoms with Crippen molar-refractivity contribution in [2.24, 2.45) is 0 Å². The second-order valence-electron chi connectivity index (χ2n) is 20.7. The molecule has 0 saturated carbocycles. The lowest BCUT2D eigenvalue weighted by atomic mass is 10.0. The van der Waals surface area contributed by atoms with Gasteiger partial charge in [-0.1, -0.05) is 282 Å². The van der Waals surface area contributed by atoms with E-state index < -0.39 is 12.1 Å². The molecule has 0 bridgehead atoms. The van der Waals surface area contributed by atoms with Crippen LogP contribution in [0, 0.1) is 0 Å². The molecule has 3 N–H and O–H groups in total. The monoisotopic (exact) mass is 944 g/mol. The topological polar surface area (TPSA) is 95.9 Å². The fraction of sp³-hybridized carbons (Fsp3) is 0.902. The molecule has 0 fully saturated rings. The van der Waals surface area contributed by atoms with Crippen LogP contribution < -0.4 is 5.32 Å². The maximum Gasteiger partial charge on any atom is 0.305 e. The Balaban J connectivity index is 3.36. The van der Waals surface area contributed by atoms with Gasteiger partial charge in [0, 0.05) is 12.8 Å². The van der Waals surface area contributed by atoms with E-state index in [0.29, 0.717) is 19.4 Å². The summed E-state index contributed by atoms with van der Waals surface area (Å²) in [6.45, 7) is 4.90. The Morgan fingerprint density at radius 2 is 0.701 bits per heavy atom. The first-order valence-electron chi connectivity index (χ1n) is 30.1. The van der Waals surface area contributed by atoms with Crippen molar-refractivity contribution in [3.8, 4) is 0 Å². The van der Waals surface area contributed by atoms with Gasteiger partial charge >= 0.3 is 5.97 Å². The maximum atomic E-state index is 12.4. The van der Waals surface area contributed by atoms with E-state index in [1.807, 2.05) is 6.08 Å². The number of carbonyl (C=O) groups is 2. The molecule has 6 heteroatoms. The van der Waals surface area contributed by atoms with Gasteiger partial charge in [0.15, 0.2) is 0 Å². The van der Waals surface area contributed by atoms with E-state index in [2.05, 4.69) is 31.3 Å². The van der Waals surface area contributed by atoms with E-state index in [-0.39, 0.29) is 18.5 Å². The fourth-order valence-corrected chi connectivity index (χ4v) is 9.34. The minimum atomic E-state index is -0.842. The van der Waals surface area contributed by atoms with E-state index in [0.717, 1.165) is 38.5 Å².